The van der Waals surface area contributed by atoms with E-state index in [4.69, 9.17) is 4.74 Å². The number of ether oxygens (including phenoxy) is 1. The van der Waals surface area contributed by atoms with Gasteiger partial charge in [-0.25, -0.2) is 4.79 Å². The van der Waals surface area contributed by atoms with Crippen molar-refractivity contribution < 1.29 is 4.74 Å². The standard InChI is InChI=1S/C16H19N3O3/c1-11-14(15(20)18-16(21)17-11)13-4-2-3-12(9-13)10-19-5-7-22-8-6-19/h2-4,9H,5-8,10H2,1H3,(H2,17,18,20,21). The van der Waals surface area contributed by atoms with Gasteiger partial charge >= 0.3 is 5.69 Å². The summed E-state index contributed by atoms with van der Waals surface area (Å²) >= 11 is 0. The second-order valence-electron chi connectivity index (χ2n) is 5.50. The Balaban J connectivity index is 1.91. The van der Waals surface area contributed by atoms with E-state index in [0.29, 0.717) is 11.3 Å². The molecular weight excluding hydrogens is 282 g/mol. The van der Waals surface area contributed by atoms with Gasteiger partial charge in [-0.05, 0) is 24.1 Å². The van der Waals surface area contributed by atoms with Crippen LogP contribution in [0.4, 0.5) is 0 Å². The largest absolute Gasteiger partial charge is 0.379 e. The number of hydrogen-bond donors (Lipinski definition) is 2. The Morgan fingerprint density at radius 3 is 2.68 bits per heavy atom. The zero-order valence-electron chi connectivity index (χ0n) is 12.5. The molecule has 6 nitrogen and oxygen atoms in total. The maximum Gasteiger partial charge on any atom is 0.325 e. The molecular formula is C16H19N3O3. The lowest BCUT2D eigenvalue weighted by atomic mass is 10.0. The lowest BCUT2D eigenvalue weighted by Gasteiger charge is -2.26. The first-order valence-electron chi connectivity index (χ1n) is 7.36. The van der Waals surface area contributed by atoms with Crippen molar-refractivity contribution in [2.45, 2.75) is 13.5 Å². The van der Waals surface area contributed by atoms with Crippen LogP contribution in [-0.2, 0) is 11.3 Å². The van der Waals surface area contributed by atoms with Crippen molar-refractivity contribution in [3.05, 3.63) is 56.4 Å². The number of benzene rings is 1. The van der Waals surface area contributed by atoms with Gasteiger partial charge < -0.3 is 9.72 Å². The molecule has 1 aliphatic heterocycles. The summed E-state index contributed by atoms with van der Waals surface area (Å²) in [6.45, 7) is 5.93. The molecule has 0 radical (unpaired) electrons. The van der Waals surface area contributed by atoms with E-state index in [1.165, 1.54) is 0 Å². The average molecular weight is 301 g/mol. The van der Waals surface area contributed by atoms with Gasteiger partial charge in [0.15, 0.2) is 0 Å². The van der Waals surface area contributed by atoms with Crippen LogP contribution >= 0.6 is 0 Å². The van der Waals surface area contributed by atoms with Crippen LogP contribution in [0.2, 0.25) is 0 Å². The minimum Gasteiger partial charge on any atom is -0.379 e. The summed E-state index contributed by atoms with van der Waals surface area (Å²) in [7, 11) is 0. The Hall–Kier alpha value is -2.18. The van der Waals surface area contributed by atoms with E-state index in [-0.39, 0.29) is 5.56 Å². The predicted octanol–water partition coefficient (Wildman–Crippen LogP) is 0.871. The Kier molecular flexibility index (Phi) is 4.22. The summed E-state index contributed by atoms with van der Waals surface area (Å²) in [6.07, 6.45) is 0. The summed E-state index contributed by atoms with van der Waals surface area (Å²) in [5.41, 5.74) is 2.23. The molecule has 2 aromatic rings. The van der Waals surface area contributed by atoms with E-state index < -0.39 is 5.69 Å². The Bertz CT molecular complexity index is 773. The molecule has 3 rings (SSSR count). The van der Waals surface area contributed by atoms with Crippen molar-refractivity contribution in [3.63, 3.8) is 0 Å². The van der Waals surface area contributed by atoms with Crippen LogP contribution in [0.3, 0.4) is 0 Å². The van der Waals surface area contributed by atoms with Crippen molar-refractivity contribution in [2.24, 2.45) is 0 Å². The zero-order chi connectivity index (χ0) is 15.5. The normalized spacial score (nSPS) is 15.9. The Morgan fingerprint density at radius 2 is 1.95 bits per heavy atom. The van der Waals surface area contributed by atoms with E-state index in [1.54, 1.807) is 6.92 Å². The molecule has 1 fully saturated rings. The van der Waals surface area contributed by atoms with Gasteiger partial charge in [0.05, 0.1) is 18.8 Å². The molecule has 1 aromatic heterocycles. The lowest BCUT2D eigenvalue weighted by molar-refractivity contribution is 0.0342. The third-order valence-corrected chi connectivity index (χ3v) is 3.86. The fourth-order valence-electron chi connectivity index (χ4n) is 2.79. The lowest BCUT2D eigenvalue weighted by Crippen LogP contribution is -2.35. The number of hydrogen-bond acceptors (Lipinski definition) is 4. The SMILES string of the molecule is Cc1[nH]c(=O)[nH]c(=O)c1-c1cccc(CN2CCOCC2)c1. The van der Waals surface area contributed by atoms with E-state index in [2.05, 4.69) is 14.9 Å². The topological polar surface area (TPSA) is 78.2 Å². The summed E-state index contributed by atoms with van der Waals surface area (Å²) in [5.74, 6) is 0. The monoisotopic (exact) mass is 301 g/mol. The van der Waals surface area contributed by atoms with Gasteiger partial charge in [-0.2, -0.15) is 0 Å². The van der Waals surface area contributed by atoms with Crippen LogP contribution in [0.15, 0.2) is 33.9 Å². The molecule has 0 aliphatic carbocycles. The van der Waals surface area contributed by atoms with Gasteiger partial charge in [0, 0.05) is 25.3 Å². The second-order valence-corrected chi connectivity index (χ2v) is 5.50. The van der Waals surface area contributed by atoms with Gasteiger partial charge in [0.25, 0.3) is 5.56 Å². The highest BCUT2D eigenvalue weighted by Crippen LogP contribution is 2.19. The highest BCUT2D eigenvalue weighted by atomic mass is 16.5. The van der Waals surface area contributed by atoms with E-state index in [0.717, 1.165) is 44.0 Å². The second kappa shape index (κ2) is 6.29. The number of rotatable bonds is 3. The molecule has 0 spiro atoms. The summed E-state index contributed by atoms with van der Waals surface area (Å²) in [4.78, 5) is 30.6. The minimum absolute atomic E-state index is 0.357. The highest BCUT2D eigenvalue weighted by molar-refractivity contribution is 5.65. The quantitative estimate of drug-likeness (QED) is 0.882. The van der Waals surface area contributed by atoms with Crippen molar-refractivity contribution >= 4 is 0 Å². The first kappa shape index (κ1) is 14.7. The van der Waals surface area contributed by atoms with Crippen LogP contribution in [0, 0.1) is 6.92 Å². The fourth-order valence-corrected chi connectivity index (χ4v) is 2.79. The maximum atomic E-state index is 12.1. The highest BCUT2D eigenvalue weighted by Gasteiger charge is 2.13. The van der Waals surface area contributed by atoms with Crippen LogP contribution < -0.4 is 11.2 Å². The van der Waals surface area contributed by atoms with Gasteiger partial charge in [-0.1, -0.05) is 18.2 Å². The molecule has 2 heterocycles. The minimum atomic E-state index is -0.476. The molecule has 22 heavy (non-hydrogen) atoms. The summed E-state index contributed by atoms with van der Waals surface area (Å²) in [6, 6.07) is 7.88. The molecule has 0 amide bonds. The number of aromatic amines is 2. The maximum absolute atomic E-state index is 12.1. The number of nitrogens with zero attached hydrogens (tertiary/aromatic N) is 1. The third-order valence-electron chi connectivity index (χ3n) is 3.86. The van der Waals surface area contributed by atoms with Crippen molar-refractivity contribution in [3.8, 4) is 11.1 Å². The third kappa shape index (κ3) is 3.18. The van der Waals surface area contributed by atoms with Gasteiger partial charge in [0.1, 0.15) is 0 Å². The van der Waals surface area contributed by atoms with Crippen molar-refractivity contribution in [2.75, 3.05) is 26.3 Å². The van der Waals surface area contributed by atoms with Gasteiger partial charge in [0.2, 0.25) is 0 Å². The number of morpholine rings is 1. The molecule has 6 heteroatoms. The van der Waals surface area contributed by atoms with Crippen LogP contribution in [0.5, 0.6) is 0 Å². The van der Waals surface area contributed by atoms with Crippen molar-refractivity contribution in [1.29, 1.82) is 0 Å². The molecule has 2 N–H and O–H groups in total. The van der Waals surface area contributed by atoms with Crippen LogP contribution in [0.1, 0.15) is 11.3 Å². The van der Waals surface area contributed by atoms with Crippen molar-refractivity contribution in [1.82, 2.24) is 14.9 Å². The molecule has 1 saturated heterocycles. The average Bonchev–Trinajstić information content (AvgIpc) is 2.47. The molecule has 0 atom stereocenters. The Labute approximate surface area is 127 Å². The van der Waals surface area contributed by atoms with Gasteiger partial charge in [-0.3, -0.25) is 14.7 Å². The molecule has 1 aliphatic rings. The number of aryl methyl sites for hydroxylation is 1. The first-order valence-corrected chi connectivity index (χ1v) is 7.36. The van der Waals surface area contributed by atoms with Crippen LogP contribution in [0.25, 0.3) is 11.1 Å². The van der Waals surface area contributed by atoms with E-state index in [1.807, 2.05) is 24.3 Å². The smallest absolute Gasteiger partial charge is 0.325 e. The Morgan fingerprint density at radius 1 is 1.18 bits per heavy atom. The zero-order valence-corrected chi connectivity index (χ0v) is 12.5. The fraction of sp³-hybridized carbons (Fsp3) is 0.375. The molecule has 116 valence electrons. The molecule has 0 saturated carbocycles. The summed E-state index contributed by atoms with van der Waals surface area (Å²) in [5, 5.41) is 0. The van der Waals surface area contributed by atoms with Gasteiger partial charge in [-0.15, -0.1) is 0 Å². The number of aromatic nitrogens is 2. The number of H-pyrrole nitrogens is 2. The van der Waals surface area contributed by atoms with E-state index >= 15 is 0 Å². The van der Waals surface area contributed by atoms with Crippen LogP contribution in [-0.4, -0.2) is 41.2 Å². The summed E-state index contributed by atoms with van der Waals surface area (Å²) < 4.78 is 5.35. The molecule has 0 unspecified atom stereocenters. The number of nitrogens with one attached hydrogen (secondary N) is 2. The predicted molar refractivity (Wildman–Crippen MR) is 84.0 cm³/mol. The molecule has 1 aromatic carbocycles. The molecule has 0 bridgehead atoms. The first-order chi connectivity index (χ1) is 10.6. The van der Waals surface area contributed by atoms with E-state index in [9.17, 15) is 9.59 Å².